The van der Waals surface area contributed by atoms with Crippen LogP contribution in [0.15, 0.2) is 54.6 Å². The first-order valence-corrected chi connectivity index (χ1v) is 10.1. The molecular formula is C22H26ClN3O. The van der Waals surface area contributed by atoms with Gasteiger partial charge in [0.1, 0.15) is 0 Å². The van der Waals surface area contributed by atoms with Crippen molar-refractivity contribution in [3.05, 3.63) is 65.2 Å². The lowest BCUT2D eigenvalue weighted by molar-refractivity contribution is 0.0534. The zero-order valence-electron chi connectivity index (χ0n) is 15.5. The van der Waals surface area contributed by atoms with Crippen LogP contribution >= 0.6 is 11.6 Å². The number of piperidine rings is 1. The maximum atomic E-state index is 12.8. The number of halogens is 1. The highest BCUT2D eigenvalue weighted by molar-refractivity contribution is 6.30. The average Bonchev–Trinajstić information content (AvgIpc) is 3.05. The Morgan fingerprint density at radius 3 is 2.44 bits per heavy atom. The third-order valence-electron chi connectivity index (χ3n) is 5.90. The molecule has 0 saturated carbocycles. The van der Waals surface area contributed by atoms with Crippen molar-refractivity contribution in [2.45, 2.75) is 37.8 Å². The summed E-state index contributed by atoms with van der Waals surface area (Å²) < 4.78 is 0. The molecule has 4 nitrogen and oxygen atoms in total. The topological polar surface area (TPSA) is 35.6 Å². The Kier molecular flexibility index (Phi) is 5.37. The fourth-order valence-electron chi connectivity index (χ4n) is 4.52. The summed E-state index contributed by atoms with van der Waals surface area (Å²) >= 11 is 6.03. The van der Waals surface area contributed by atoms with E-state index in [-0.39, 0.29) is 11.6 Å². The number of carbonyl (C=O) groups is 1. The molecule has 2 amide bonds. The molecule has 1 spiro atoms. The number of nitrogens with zero attached hydrogens (tertiary/aromatic N) is 2. The van der Waals surface area contributed by atoms with E-state index in [1.54, 1.807) is 0 Å². The van der Waals surface area contributed by atoms with E-state index in [1.165, 1.54) is 12.0 Å². The normalized spacial score (nSPS) is 22.9. The molecule has 2 saturated heterocycles. The van der Waals surface area contributed by atoms with Gasteiger partial charge in [0.05, 0.1) is 0 Å². The highest BCUT2D eigenvalue weighted by Gasteiger charge is 2.44. The van der Waals surface area contributed by atoms with E-state index in [0.29, 0.717) is 0 Å². The van der Waals surface area contributed by atoms with Crippen molar-refractivity contribution in [3.63, 3.8) is 0 Å². The van der Waals surface area contributed by atoms with Gasteiger partial charge in [-0.3, -0.25) is 4.90 Å². The number of para-hydroxylation sites is 1. The van der Waals surface area contributed by atoms with E-state index in [9.17, 15) is 4.79 Å². The lowest BCUT2D eigenvalue weighted by Crippen LogP contribution is -2.57. The van der Waals surface area contributed by atoms with Crippen LogP contribution in [-0.2, 0) is 6.54 Å². The smallest absolute Gasteiger partial charge is 0.321 e. The van der Waals surface area contributed by atoms with Crippen LogP contribution in [0.2, 0.25) is 5.02 Å². The molecule has 1 unspecified atom stereocenters. The van der Waals surface area contributed by atoms with Gasteiger partial charge >= 0.3 is 6.03 Å². The maximum absolute atomic E-state index is 12.8. The van der Waals surface area contributed by atoms with Crippen molar-refractivity contribution in [1.82, 2.24) is 9.80 Å². The number of urea groups is 1. The fourth-order valence-corrected chi connectivity index (χ4v) is 4.65. The Balaban J connectivity index is 1.45. The molecule has 2 fully saturated rings. The second-order valence-electron chi connectivity index (χ2n) is 7.70. The Hall–Kier alpha value is -2.04. The van der Waals surface area contributed by atoms with Crippen LogP contribution < -0.4 is 5.32 Å². The van der Waals surface area contributed by atoms with Gasteiger partial charge in [-0.15, -0.1) is 0 Å². The minimum atomic E-state index is 0.0126. The summed E-state index contributed by atoms with van der Waals surface area (Å²) in [5, 5.41) is 3.82. The summed E-state index contributed by atoms with van der Waals surface area (Å²) in [4.78, 5) is 17.4. The molecule has 4 rings (SSSR count). The summed E-state index contributed by atoms with van der Waals surface area (Å²) in [5.41, 5.74) is 2.24. The van der Waals surface area contributed by atoms with Crippen LogP contribution in [0.3, 0.4) is 0 Å². The first-order chi connectivity index (χ1) is 13.1. The van der Waals surface area contributed by atoms with Crippen molar-refractivity contribution in [3.8, 4) is 0 Å². The van der Waals surface area contributed by atoms with E-state index < -0.39 is 0 Å². The van der Waals surface area contributed by atoms with Gasteiger partial charge in [0, 0.05) is 35.9 Å². The molecule has 27 heavy (non-hydrogen) atoms. The van der Waals surface area contributed by atoms with Crippen molar-refractivity contribution in [2.75, 3.05) is 25.0 Å². The number of amides is 2. The van der Waals surface area contributed by atoms with E-state index in [0.717, 1.165) is 56.2 Å². The molecule has 1 N–H and O–H groups in total. The molecule has 1 atom stereocenters. The van der Waals surface area contributed by atoms with Crippen molar-refractivity contribution >= 4 is 23.3 Å². The van der Waals surface area contributed by atoms with Crippen molar-refractivity contribution in [2.24, 2.45) is 0 Å². The molecule has 2 aromatic rings. The third-order valence-corrected chi connectivity index (χ3v) is 6.15. The molecule has 142 valence electrons. The molecule has 5 heteroatoms. The van der Waals surface area contributed by atoms with Crippen LogP contribution in [0.1, 0.15) is 31.2 Å². The molecule has 2 aliphatic heterocycles. The molecule has 0 aliphatic carbocycles. The van der Waals surface area contributed by atoms with Crippen molar-refractivity contribution < 1.29 is 4.79 Å². The molecular weight excluding hydrogens is 358 g/mol. The van der Waals surface area contributed by atoms with Gasteiger partial charge in [0.2, 0.25) is 0 Å². The van der Waals surface area contributed by atoms with Gasteiger partial charge in [-0.05, 0) is 62.1 Å². The van der Waals surface area contributed by atoms with E-state index in [4.69, 9.17) is 11.6 Å². The van der Waals surface area contributed by atoms with Crippen LogP contribution in [0.25, 0.3) is 0 Å². The second-order valence-corrected chi connectivity index (χ2v) is 8.13. The monoisotopic (exact) mass is 383 g/mol. The Bertz CT molecular complexity index is 780. The van der Waals surface area contributed by atoms with Crippen LogP contribution in [0.4, 0.5) is 10.5 Å². The molecule has 0 bridgehead atoms. The zero-order chi connectivity index (χ0) is 18.7. The number of hydrogen-bond donors (Lipinski definition) is 1. The van der Waals surface area contributed by atoms with E-state index in [1.807, 2.05) is 47.4 Å². The Morgan fingerprint density at radius 1 is 1.00 bits per heavy atom. The average molecular weight is 384 g/mol. The summed E-state index contributed by atoms with van der Waals surface area (Å²) in [6.45, 7) is 3.65. The number of anilines is 1. The van der Waals surface area contributed by atoms with Gasteiger partial charge in [-0.25, -0.2) is 4.79 Å². The lowest BCUT2D eigenvalue weighted by Gasteiger charge is -2.46. The third kappa shape index (κ3) is 4.12. The molecule has 0 radical (unpaired) electrons. The first-order valence-electron chi connectivity index (χ1n) is 9.75. The standard InChI is InChI=1S/C22H26ClN3O/c23-19-10-8-18(9-11-19)16-26-15-5-13-22(26)12-4-14-25(17-22)21(27)24-20-6-2-1-3-7-20/h1-3,6-11H,4-5,12-17H2,(H,24,27). The Morgan fingerprint density at radius 2 is 1.70 bits per heavy atom. The number of benzene rings is 2. The summed E-state index contributed by atoms with van der Waals surface area (Å²) in [6, 6.07) is 17.8. The van der Waals surface area contributed by atoms with E-state index in [2.05, 4.69) is 22.3 Å². The first kappa shape index (κ1) is 18.3. The predicted molar refractivity (Wildman–Crippen MR) is 110 cm³/mol. The van der Waals surface area contributed by atoms with Gasteiger partial charge in [0.15, 0.2) is 0 Å². The molecule has 0 aromatic heterocycles. The van der Waals surface area contributed by atoms with Crippen LogP contribution in [-0.4, -0.2) is 41.0 Å². The predicted octanol–water partition coefficient (Wildman–Crippen LogP) is 5.00. The number of nitrogens with one attached hydrogen (secondary N) is 1. The lowest BCUT2D eigenvalue weighted by atomic mass is 9.86. The van der Waals surface area contributed by atoms with Gasteiger partial charge in [0.25, 0.3) is 0 Å². The number of hydrogen-bond acceptors (Lipinski definition) is 2. The quantitative estimate of drug-likeness (QED) is 0.809. The van der Waals surface area contributed by atoms with Gasteiger partial charge in [-0.1, -0.05) is 41.9 Å². The SMILES string of the molecule is O=C(Nc1ccccc1)N1CCCC2(CCCN2Cc2ccc(Cl)cc2)C1. The maximum Gasteiger partial charge on any atom is 0.321 e. The second kappa shape index (κ2) is 7.91. The highest BCUT2D eigenvalue weighted by Crippen LogP contribution is 2.38. The Labute approximate surface area is 166 Å². The number of rotatable bonds is 3. The van der Waals surface area contributed by atoms with Crippen molar-refractivity contribution in [1.29, 1.82) is 0 Å². The zero-order valence-corrected chi connectivity index (χ0v) is 16.3. The number of carbonyl (C=O) groups excluding carboxylic acids is 1. The summed E-state index contributed by atoms with van der Waals surface area (Å²) in [5.74, 6) is 0. The minimum absolute atomic E-state index is 0.0126. The van der Waals surface area contributed by atoms with Gasteiger partial charge < -0.3 is 10.2 Å². The minimum Gasteiger partial charge on any atom is -0.323 e. The highest BCUT2D eigenvalue weighted by atomic mass is 35.5. The number of likely N-dealkylation sites (tertiary alicyclic amines) is 2. The van der Waals surface area contributed by atoms with Crippen LogP contribution in [0, 0.1) is 0 Å². The summed E-state index contributed by atoms with van der Waals surface area (Å²) in [6.07, 6.45) is 4.58. The molecule has 2 heterocycles. The van der Waals surface area contributed by atoms with E-state index >= 15 is 0 Å². The largest absolute Gasteiger partial charge is 0.323 e. The summed E-state index contributed by atoms with van der Waals surface area (Å²) in [7, 11) is 0. The molecule has 2 aliphatic rings. The van der Waals surface area contributed by atoms with Crippen LogP contribution in [0.5, 0.6) is 0 Å². The van der Waals surface area contributed by atoms with Gasteiger partial charge in [-0.2, -0.15) is 0 Å². The molecule has 2 aromatic carbocycles. The fraction of sp³-hybridized carbons (Fsp3) is 0.409.